The Bertz CT molecular complexity index is 29.9. The normalized spacial score (nSPS) is 4.80. The van der Waals surface area contributed by atoms with Crippen LogP contribution in [0.15, 0.2) is 0 Å². The monoisotopic (exact) mass is 150 g/mol. The fraction of sp³-hybridized carbons (Fsp3) is 0. The van der Waals surface area contributed by atoms with E-state index in [9.17, 15) is 0 Å². The average Bonchev–Trinajstić information content (AvgIpc) is 0.811. The van der Waals surface area contributed by atoms with Crippen LogP contribution < -0.4 is 0 Å². The summed E-state index contributed by atoms with van der Waals surface area (Å²) in [7, 11) is -3.13. The van der Waals surface area contributed by atoms with Crippen LogP contribution in [0.3, 0.4) is 0 Å². The van der Waals surface area contributed by atoms with E-state index in [1.165, 1.54) is 0 Å². The van der Waals surface area contributed by atoms with Gasteiger partial charge in [-0.3, -0.25) is 4.46 Å². The van der Waals surface area contributed by atoms with Gasteiger partial charge in [-0.15, -0.1) is 0 Å². The molecule has 0 fully saturated rings. The Morgan fingerprint density at radius 2 is 1.40 bits per heavy atom. The summed E-state index contributed by atoms with van der Waals surface area (Å²) in [6.45, 7) is 0. The summed E-state index contributed by atoms with van der Waals surface area (Å²) >= 11 is 0. The molecule has 0 radical (unpaired) electrons. The van der Waals surface area contributed by atoms with Gasteiger partial charge in [-0.1, -0.05) is 0 Å². The number of rotatable bonds is 0. The van der Waals surface area contributed by atoms with Crippen molar-refractivity contribution < 1.29 is 14.1 Å². The van der Waals surface area contributed by atoms with Crippen molar-refractivity contribution in [3.8, 4) is 0 Å². The molecule has 0 aliphatic rings. The summed E-state index contributed by atoms with van der Waals surface area (Å²) in [6, 6.07) is 0. The van der Waals surface area contributed by atoms with Crippen molar-refractivity contribution >= 4 is 29.0 Å². The summed E-state index contributed by atoms with van der Waals surface area (Å²) in [5.41, 5.74) is 0. The van der Waals surface area contributed by atoms with E-state index >= 15 is 0 Å². The minimum atomic E-state index is -3.13. The van der Waals surface area contributed by atoms with Gasteiger partial charge in [0.2, 0.25) is 0 Å². The van der Waals surface area contributed by atoms with Crippen LogP contribution in [0.5, 0.6) is 0 Å². The van der Waals surface area contributed by atoms with Gasteiger partial charge < -0.3 is 9.59 Å². The molecule has 0 amide bonds. The van der Waals surface area contributed by atoms with Crippen LogP contribution in [-0.2, 0) is 4.46 Å². The van der Waals surface area contributed by atoms with Crippen LogP contribution in [0.2, 0.25) is 0 Å². The number of hydrogen-bond acceptors (Lipinski definition) is 1. The molecular formula is H5GaO3Si. The van der Waals surface area contributed by atoms with E-state index in [0.29, 0.717) is 0 Å². The predicted molar refractivity (Wildman–Crippen MR) is 20.8 cm³/mol. The van der Waals surface area contributed by atoms with Crippen LogP contribution in [0.4, 0.5) is 0 Å². The zero-order valence-corrected chi connectivity index (χ0v) is 2.80. The molecule has 5 heteroatoms. The zero-order valence-electron chi connectivity index (χ0n) is 1.80. The van der Waals surface area contributed by atoms with Gasteiger partial charge in [-0.05, 0) is 0 Å². The van der Waals surface area contributed by atoms with E-state index in [2.05, 4.69) is 0 Å². The Hall–Kier alpha value is 0.253. The Balaban J connectivity index is 0. The van der Waals surface area contributed by atoms with Crippen molar-refractivity contribution in [3.05, 3.63) is 0 Å². The van der Waals surface area contributed by atoms with E-state index in [0.717, 1.165) is 0 Å². The van der Waals surface area contributed by atoms with Crippen molar-refractivity contribution in [2.24, 2.45) is 0 Å². The van der Waals surface area contributed by atoms with Crippen molar-refractivity contribution in [3.63, 3.8) is 0 Å². The summed E-state index contributed by atoms with van der Waals surface area (Å²) in [5.74, 6) is 0. The first-order valence-corrected chi connectivity index (χ1v) is 1.95. The van der Waals surface area contributed by atoms with E-state index in [1.807, 2.05) is 0 Å². The van der Waals surface area contributed by atoms with E-state index in [-0.39, 0.29) is 19.8 Å². The van der Waals surface area contributed by atoms with Gasteiger partial charge in [0.1, 0.15) is 0 Å². The summed E-state index contributed by atoms with van der Waals surface area (Å²) in [5, 5.41) is 0. The van der Waals surface area contributed by atoms with Crippen molar-refractivity contribution in [1.29, 1.82) is 0 Å². The van der Waals surface area contributed by atoms with Crippen LogP contribution in [0.25, 0.3) is 0 Å². The molecular weight excluding hydrogens is 146 g/mol. The van der Waals surface area contributed by atoms with Gasteiger partial charge in [-0.25, -0.2) is 0 Å². The van der Waals surface area contributed by atoms with E-state index in [4.69, 9.17) is 14.1 Å². The number of hydrogen-bond donors (Lipinski definition) is 2. The standard InChI is InChI=1S/Ga.H2O3Si.3H/c;1-4(2)3;;;/h;1-2H;;;. The molecule has 0 heterocycles. The van der Waals surface area contributed by atoms with Crippen LogP contribution in [-0.4, -0.2) is 38.6 Å². The molecule has 5 heavy (non-hydrogen) atoms. The molecule has 0 rings (SSSR count). The molecule has 0 atom stereocenters. The third-order valence-electron chi connectivity index (χ3n) is 0. The first kappa shape index (κ1) is 8.98. The van der Waals surface area contributed by atoms with Gasteiger partial charge in [0, 0.05) is 0 Å². The molecule has 0 aliphatic carbocycles. The molecule has 0 unspecified atom stereocenters. The molecule has 30 valence electrons. The van der Waals surface area contributed by atoms with E-state index in [1.54, 1.807) is 0 Å². The molecule has 0 aromatic rings. The van der Waals surface area contributed by atoms with Crippen LogP contribution in [0.1, 0.15) is 0 Å². The first-order chi connectivity index (χ1) is 1.73. The fourth-order valence-corrected chi connectivity index (χ4v) is 0. The maximum absolute atomic E-state index is 8.74. The zero-order chi connectivity index (χ0) is 3.58. The van der Waals surface area contributed by atoms with Gasteiger partial charge in [0.25, 0.3) is 0 Å². The third-order valence-corrected chi connectivity index (χ3v) is 0. The Labute approximate surface area is 43.6 Å². The molecule has 2 N–H and O–H groups in total. The van der Waals surface area contributed by atoms with E-state index < -0.39 is 9.17 Å². The maximum atomic E-state index is 8.74. The second-order valence-electron chi connectivity index (χ2n) is 0.283. The van der Waals surface area contributed by atoms with Crippen LogP contribution >= 0.6 is 0 Å². The third kappa shape index (κ3) is 337. The van der Waals surface area contributed by atoms with Crippen molar-refractivity contribution in [2.45, 2.75) is 0 Å². The second-order valence-corrected chi connectivity index (χ2v) is 0.848. The fourth-order valence-electron chi connectivity index (χ4n) is 0. The van der Waals surface area contributed by atoms with Crippen molar-refractivity contribution in [2.75, 3.05) is 0 Å². The SMILES string of the molecule is O=[Si](O)O.[GaH3]. The Morgan fingerprint density at radius 3 is 1.40 bits per heavy atom. The Kier molecular flexibility index (Phi) is 7.64. The molecule has 0 aromatic heterocycles. The molecule has 0 saturated carbocycles. The topological polar surface area (TPSA) is 57.5 Å². The van der Waals surface area contributed by atoms with Gasteiger partial charge in [0.05, 0.1) is 0 Å². The van der Waals surface area contributed by atoms with Gasteiger partial charge in [-0.2, -0.15) is 0 Å². The van der Waals surface area contributed by atoms with Gasteiger partial charge in [0.15, 0.2) is 0 Å². The molecule has 0 aliphatic heterocycles. The Morgan fingerprint density at radius 1 is 1.40 bits per heavy atom. The van der Waals surface area contributed by atoms with Crippen molar-refractivity contribution in [1.82, 2.24) is 0 Å². The molecule has 0 aromatic carbocycles. The van der Waals surface area contributed by atoms with Crippen LogP contribution in [0, 0.1) is 0 Å². The van der Waals surface area contributed by atoms with Gasteiger partial charge >= 0.3 is 29.0 Å². The summed E-state index contributed by atoms with van der Waals surface area (Å²) in [4.78, 5) is 14.3. The molecule has 0 saturated heterocycles. The summed E-state index contributed by atoms with van der Waals surface area (Å²) < 4.78 is 8.74. The molecule has 0 spiro atoms. The average molecular weight is 151 g/mol. The quantitative estimate of drug-likeness (QED) is 0.367. The predicted octanol–water partition coefficient (Wildman–Crippen LogP) is -2.80. The molecule has 3 nitrogen and oxygen atoms in total. The minimum absolute atomic E-state index is 0. The summed E-state index contributed by atoms with van der Waals surface area (Å²) in [6.07, 6.45) is 0. The molecule has 0 bridgehead atoms. The second kappa shape index (κ2) is 4.25. The first-order valence-electron chi connectivity index (χ1n) is 0.651.